The van der Waals surface area contributed by atoms with Crippen molar-refractivity contribution in [3.63, 3.8) is 0 Å². The fourth-order valence-corrected chi connectivity index (χ4v) is 2.65. The number of halogens is 1. The highest BCUT2D eigenvalue weighted by Crippen LogP contribution is 2.09. The van der Waals surface area contributed by atoms with Gasteiger partial charge in [-0.25, -0.2) is 9.97 Å². The SMILES string of the molecule is CN=C(NCCCCCOC)N1CCN(c2ncccn2)CC1.I. The zero-order chi connectivity index (χ0) is 16.3. The molecular formula is C16H29IN6O. The highest BCUT2D eigenvalue weighted by Gasteiger charge is 2.20. The Hall–Kier alpha value is -1.16. The Morgan fingerprint density at radius 1 is 1.17 bits per heavy atom. The molecule has 136 valence electrons. The van der Waals surface area contributed by atoms with Gasteiger partial charge in [0.2, 0.25) is 5.95 Å². The van der Waals surface area contributed by atoms with E-state index < -0.39 is 0 Å². The van der Waals surface area contributed by atoms with E-state index in [9.17, 15) is 0 Å². The van der Waals surface area contributed by atoms with E-state index in [0.717, 1.165) is 64.1 Å². The van der Waals surface area contributed by atoms with E-state index in [1.165, 1.54) is 6.42 Å². The van der Waals surface area contributed by atoms with Gasteiger partial charge in [0.1, 0.15) is 0 Å². The third kappa shape index (κ3) is 6.76. The standard InChI is InChI=1S/C16H28N6O.HI/c1-17-15(18-7-4-3-5-14-23-2)21-10-12-22(13-11-21)16-19-8-6-9-20-16;/h6,8-9H,3-5,7,10-14H2,1-2H3,(H,17,18);1H. The summed E-state index contributed by atoms with van der Waals surface area (Å²) in [5.74, 6) is 1.80. The molecule has 1 aromatic heterocycles. The molecule has 1 saturated heterocycles. The van der Waals surface area contributed by atoms with Crippen molar-refractivity contribution < 1.29 is 4.74 Å². The van der Waals surface area contributed by atoms with Crippen LogP contribution in [-0.4, -0.2) is 74.3 Å². The molecule has 7 nitrogen and oxygen atoms in total. The molecule has 0 aromatic carbocycles. The summed E-state index contributed by atoms with van der Waals surface area (Å²) in [5, 5.41) is 3.46. The number of hydrogen-bond acceptors (Lipinski definition) is 5. The van der Waals surface area contributed by atoms with Gasteiger partial charge in [0.15, 0.2) is 5.96 Å². The van der Waals surface area contributed by atoms with Gasteiger partial charge in [0.25, 0.3) is 0 Å². The molecule has 0 spiro atoms. The van der Waals surface area contributed by atoms with E-state index in [1.807, 2.05) is 13.1 Å². The number of hydrogen-bond donors (Lipinski definition) is 1. The second kappa shape index (κ2) is 12.2. The van der Waals surface area contributed by atoms with Crippen molar-refractivity contribution in [1.82, 2.24) is 20.2 Å². The lowest BCUT2D eigenvalue weighted by Crippen LogP contribution is -2.53. The van der Waals surface area contributed by atoms with Crippen LogP contribution in [0.2, 0.25) is 0 Å². The summed E-state index contributed by atoms with van der Waals surface area (Å²) in [6.07, 6.45) is 7.02. The number of ether oxygens (including phenoxy) is 1. The first-order chi connectivity index (χ1) is 11.3. The van der Waals surface area contributed by atoms with Crippen LogP contribution >= 0.6 is 24.0 Å². The Balaban J connectivity index is 0.00000288. The molecule has 0 amide bonds. The number of nitrogens with zero attached hydrogens (tertiary/aromatic N) is 5. The Bertz CT molecular complexity index is 465. The molecule has 0 saturated carbocycles. The molecule has 2 heterocycles. The predicted molar refractivity (Wildman–Crippen MR) is 108 cm³/mol. The van der Waals surface area contributed by atoms with E-state index in [4.69, 9.17) is 4.74 Å². The van der Waals surface area contributed by atoms with Crippen LogP contribution in [-0.2, 0) is 4.74 Å². The van der Waals surface area contributed by atoms with Crippen LogP contribution in [0.25, 0.3) is 0 Å². The second-order valence-corrected chi connectivity index (χ2v) is 5.55. The highest BCUT2D eigenvalue weighted by atomic mass is 127. The lowest BCUT2D eigenvalue weighted by molar-refractivity contribution is 0.192. The fraction of sp³-hybridized carbons (Fsp3) is 0.688. The molecule has 0 radical (unpaired) electrons. The summed E-state index contributed by atoms with van der Waals surface area (Å²) in [7, 11) is 3.60. The molecule has 1 aromatic rings. The first-order valence-electron chi connectivity index (χ1n) is 8.31. The fourth-order valence-electron chi connectivity index (χ4n) is 2.65. The van der Waals surface area contributed by atoms with Gasteiger partial charge >= 0.3 is 0 Å². The van der Waals surface area contributed by atoms with E-state index in [2.05, 4.69) is 30.1 Å². The van der Waals surface area contributed by atoms with Gasteiger partial charge in [-0.1, -0.05) is 0 Å². The molecule has 1 fully saturated rings. The molecule has 8 heteroatoms. The minimum Gasteiger partial charge on any atom is -0.385 e. The van der Waals surface area contributed by atoms with Gasteiger partial charge in [0, 0.05) is 65.9 Å². The number of piperazine rings is 1. The van der Waals surface area contributed by atoms with E-state index in [0.29, 0.717) is 0 Å². The first kappa shape index (κ1) is 20.9. The molecule has 1 aliphatic heterocycles. The summed E-state index contributed by atoms with van der Waals surface area (Å²) in [6, 6.07) is 1.85. The number of aliphatic imine (C=N–C) groups is 1. The monoisotopic (exact) mass is 448 g/mol. The van der Waals surface area contributed by atoms with Crippen LogP contribution in [0.3, 0.4) is 0 Å². The van der Waals surface area contributed by atoms with Crippen molar-refractivity contribution >= 4 is 35.9 Å². The summed E-state index contributed by atoms with van der Waals surface area (Å²) >= 11 is 0. The number of anilines is 1. The average Bonchev–Trinajstić information content (AvgIpc) is 2.62. The molecule has 2 rings (SSSR count). The average molecular weight is 448 g/mol. The van der Waals surface area contributed by atoms with E-state index in [-0.39, 0.29) is 24.0 Å². The van der Waals surface area contributed by atoms with Crippen molar-refractivity contribution in [1.29, 1.82) is 0 Å². The number of methoxy groups -OCH3 is 1. The molecule has 0 aliphatic carbocycles. The number of unbranched alkanes of at least 4 members (excludes halogenated alkanes) is 2. The summed E-state index contributed by atoms with van der Waals surface area (Å²) in [6.45, 7) is 5.50. The van der Waals surface area contributed by atoms with Gasteiger partial charge in [-0.2, -0.15) is 0 Å². The second-order valence-electron chi connectivity index (χ2n) is 5.55. The highest BCUT2D eigenvalue weighted by molar-refractivity contribution is 14.0. The maximum absolute atomic E-state index is 5.07. The summed E-state index contributed by atoms with van der Waals surface area (Å²) in [5.41, 5.74) is 0. The molecule has 0 bridgehead atoms. The molecule has 1 aliphatic rings. The minimum absolute atomic E-state index is 0. The molecule has 0 unspecified atom stereocenters. The third-order valence-electron chi connectivity index (χ3n) is 3.93. The molecule has 24 heavy (non-hydrogen) atoms. The number of aromatic nitrogens is 2. The van der Waals surface area contributed by atoms with E-state index >= 15 is 0 Å². The quantitative estimate of drug-likeness (QED) is 0.296. The zero-order valence-electron chi connectivity index (χ0n) is 14.6. The smallest absolute Gasteiger partial charge is 0.225 e. The summed E-state index contributed by atoms with van der Waals surface area (Å²) < 4.78 is 5.07. The normalized spacial score (nSPS) is 15.2. The Kier molecular flexibility index (Phi) is 10.6. The van der Waals surface area contributed by atoms with Gasteiger partial charge in [-0.3, -0.25) is 4.99 Å². The predicted octanol–water partition coefficient (Wildman–Crippen LogP) is 1.61. The van der Waals surface area contributed by atoms with Gasteiger partial charge in [0.05, 0.1) is 0 Å². The molecular weight excluding hydrogens is 419 g/mol. The van der Waals surface area contributed by atoms with Gasteiger partial charge < -0.3 is 19.9 Å². The van der Waals surface area contributed by atoms with Crippen molar-refractivity contribution in [2.45, 2.75) is 19.3 Å². The number of rotatable bonds is 7. The van der Waals surface area contributed by atoms with E-state index in [1.54, 1.807) is 19.5 Å². The van der Waals surface area contributed by atoms with Crippen LogP contribution in [0.15, 0.2) is 23.5 Å². The van der Waals surface area contributed by atoms with Crippen LogP contribution < -0.4 is 10.2 Å². The van der Waals surface area contributed by atoms with Crippen molar-refractivity contribution in [2.75, 3.05) is 58.4 Å². The maximum atomic E-state index is 5.07. The first-order valence-corrected chi connectivity index (χ1v) is 8.31. The largest absolute Gasteiger partial charge is 0.385 e. The van der Waals surface area contributed by atoms with Gasteiger partial charge in [-0.05, 0) is 25.3 Å². The van der Waals surface area contributed by atoms with Crippen molar-refractivity contribution in [3.05, 3.63) is 18.5 Å². The number of nitrogens with one attached hydrogen (secondary N) is 1. The maximum Gasteiger partial charge on any atom is 0.225 e. The zero-order valence-corrected chi connectivity index (χ0v) is 17.0. The lowest BCUT2D eigenvalue weighted by atomic mass is 10.2. The topological polar surface area (TPSA) is 65.9 Å². The van der Waals surface area contributed by atoms with Gasteiger partial charge in [-0.15, -0.1) is 24.0 Å². The Morgan fingerprint density at radius 2 is 1.88 bits per heavy atom. The van der Waals surface area contributed by atoms with Crippen LogP contribution in [0, 0.1) is 0 Å². The Morgan fingerprint density at radius 3 is 2.50 bits per heavy atom. The van der Waals surface area contributed by atoms with Crippen molar-refractivity contribution in [2.24, 2.45) is 4.99 Å². The van der Waals surface area contributed by atoms with Crippen LogP contribution in [0.5, 0.6) is 0 Å². The molecule has 0 atom stereocenters. The Labute approximate surface area is 161 Å². The summed E-state index contributed by atoms with van der Waals surface area (Å²) in [4.78, 5) is 17.6. The molecule has 1 N–H and O–H groups in total. The lowest BCUT2D eigenvalue weighted by Gasteiger charge is -2.36. The number of guanidine groups is 1. The minimum atomic E-state index is 0. The third-order valence-corrected chi connectivity index (χ3v) is 3.93. The van der Waals surface area contributed by atoms with Crippen LogP contribution in [0.1, 0.15) is 19.3 Å². The van der Waals surface area contributed by atoms with Crippen LogP contribution in [0.4, 0.5) is 5.95 Å². The van der Waals surface area contributed by atoms with Crippen molar-refractivity contribution in [3.8, 4) is 0 Å².